The van der Waals surface area contributed by atoms with Crippen molar-refractivity contribution in [3.05, 3.63) is 30.2 Å². The van der Waals surface area contributed by atoms with Crippen molar-refractivity contribution in [1.29, 1.82) is 0 Å². The fourth-order valence-electron chi connectivity index (χ4n) is 1.60. The summed E-state index contributed by atoms with van der Waals surface area (Å²) in [5.41, 5.74) is 6.66. The Balaban J connectivity index is 2.13. The zero-order valence-electron chi connectivity index (χ0n) is 10.6. The van der Waals surface area contributed by atoms with Crippen molar-refractivity contribution < 1.29 is 4.52 Å². The Bertz CT molecular complexity index is 493. The largest absolute Gasteiger partial charge is 0.339 e. The van der Waals surface area contributed by atoms with Crippen LogP contribution in [0.1, 0.15) is 19.7 Å². The van der Waals surface area contributed by atoms with Gasteiger partial charge in [0.1, 0.15) is 0 Å². The lowest BCUT2D eigenvalue weighted by molar-refractivity contribution is 0.372. The number of rotatable bonds is 5. The number of nitrogens with zero attached hydrogens (tertiary/aromatic N) is 2. The van der Waals surface area contributed by atoms with Gasteiger partial charge in [0, 0.05) is 22.9 Å². The molecule has 1 aromatic heterocycles. The van der Waals surface area contributed by atoms with Crippen molar-refractivity contribution in [2.45, 2.75) is 31.2 Å². The molecule has 2 aromatic rings. The number of aromatic nitrogens is 2. The number of nitrogens with two attached hydrogens (primary N) is 1. The van der Waals surface area contributed by atoms with Crippen LogP contribution in [-0.4, -0.2) is 21.9 Å². The van der Waals surface area contributed by atoms with E-state index in [1.807, 2.05) is 30.8 Å². The summed E-state index contributed by atoms with van der Waals surface area (Å²) in [6.07, 6.45) is 0.608. The average Bonchev–Trinajstić information content (AvgIpc) is 2.78. The molecule has 0 fully saturated rings. The second kappa shape index (κ2) is 6.02. The van der Waals surface area contributed by atoms with Crippen molar-refractivity contribution in [2.24, 2.45) is 5.73 Å². The molecule has 96 valence electrons. The third-order valence-corrected chi connectivity index (χ3v) is 3.28. The number of thioether (sulfide) groups is 1. The monoisotopic (exact) mass is 263 g/mol. The molecule has 1 atom stereocenters. The predicted molar refractivity (Wildman–Crippen MR) is 73.5 cm³/mol. The van der Waals surface area contributed by atoms with E-state index in [4.69, 9.17) is 10.3 Å². The first-order valence-electron chi connectivity index (χ1n) is 6.00. The summed E-state index contributed by atoms with van der Waals surface area (Å²) in [5.74, 6) is 2.28. The molecule has 18 heavy (non-hydrogen) atoms. The van der Waals surface area contributed by atoms with Gasteiger partial charge in [0.25, 0.3) is 0 Å². The molecule has 2 rings (SSSR count). The highest BCUT2D eigenvalue weighted by atomic mass is 32.2. The number of hydrogen-bond donors (Lipinski definition) is 1. The third kappa shape index (κ3) is 3.34. The highest BCUT2D eigenvalue weighted by Crippen LogP contribution is 2.22. The van der Waals surface area contributed by atoms with Gasteiger partial charge in [-0.2, -0.15) is 4.98 Å². The van der Waals surface area contributed by atoms with E-state index in [1.54, 1.807) is 0 Å². The highest BCUT2D eigenvalue weighted by Gasteiger charge is 2.09. The van der Waals surface area contributed by atoms with Crippen LogP contribution in [0.4, 0.5) is 0 Å². The van der Waals surface area contributed by atoms with Crippen LogP contribution in [0, 0.1) is 0 Å². The van der Waals surface area contributed by atoms with Gasteiger partial charge in [-0.3, -0.25) is 0 Å². The zero-order valence-corrected chi connectivity index (χ0v) is 11.4. The molecule has 0 spiro atoms. The van der Waals surface area contributed by atoms with Gasteiger partial charge in [0.2, 0.25) is 11.7 Å². The summed E-state index contributed by atoms with van der Waals surface area (Å²) in [6, 6.07) is 8.20. The van der Waals surface area contributed by atoms with Gasteiger partial charge < -0.3 is 10.3 Å². The van der Waals surface area contributed by atoms with Crippen LogP contribution in [-0.2, 0) is 6.42 Å². The van der Waals surface area contributed by atoms with Gasteiger partial charge in [-0.15, -0.1) is 11.8 Å². The number of benzene rings is 1. The normalized spacial score (nSPS) is 12.6. The van der Waals surface area contributed by atoms with Gasteiger partial charge in [0.05, 0.1) is 0 Å². The SMILES string of the molecule is CCSc1ccc(-c2noc(CC(C)N)n2)cc1. The van der Waals surface area contributed by atoms with E-state index < -0.39 is 0 Å². The smallest absolute Gasteiger partial charge is 0.228 e. The summed E-state index contributed by atoms with van der Waals surface area (Å²) in [4.78, 5) is 5.58. The Labute approximate surface area is 111 Å². The molecule has 0 bridgehead atoms. The molecule has 1 aromatic carbocycles. The lowest BCUT2D eigenvalue weighted by Gasteiger charge is -1.99. The molecule has 0 saturated heterocycles. The van der Waals surface area contributed by atoms with Gasteiger partial charge >= 0.3 is 0 Å². The first kappa shape index (κ1) is 13.1. The Hall–Kier alpha value is -1.33. The Morgan fingerprint density at radius 1 is 1.33 bits per heavy atom. The van der Waals surface area contributed by atoms with E-state index in [2.05, 4.69) is 29.2 Å². The molecule has 2 N–H and O–H groups in total. The maximum Gasteiger partial charge on any atom is 0.228 e. The third-order valence-electron chi connectivity index (χ3n) is 2.39. The topological polar surface area (TPSA) is 64.9 Å². The van der Waals surface area contributed by atoms with Crippen LogP contribution in [0.25, 0.3) is 11.4 Å². The van der Waals surface area contributed by atoms with Crippen LogP contribution < -0.4 is 5.73 Å². The molecule has 0 amide bonds. The second-order valence-electron chi connectivity index (χ2n) is 4.15. The highest BCUT2D eigenvalue weighted by molar-refractivity contribution is 7.99. The van der Waals surface area contributed by atoms with E-state index in [-0.39, 0.29) is 6.04 Å². The Morgan fingerprint density at radius 2 is 2.06 bits per heavy atom. The van der Waals surface area contributed by atoms with E-state index in [1.165, 1.54) is 4.90 Å². The van der Waals surface area contributed by atoms with Crippen LogP contribution in [0.15, 0.2) is 33.7 Å². The molecular formula is C13H17N3OS. The first-order valence-corrected chi connectivity index (χ1v) is 6.99. The maximum atomic E-state index is 5.70. The fourth-order valence-corrected chi connectivity index (χ4v) is 2.26. The van der Waals surface area contributed by atoms with Crippen molar-refractivity contribution in [3.8, 4) is 11.4 Å². The molecule has 0 aliphatic carbocycles. The van der Waals surface area contributed by atoms with E-state index in [0.717, 1.165) is 11.3 Å². The molecule has 0 saturated carbocycles. The maximum absolute atomic E-state index is 5.70. The van der Waals surface area contributed by atoms with Crippen molar-refractivity contribution >= 4 is 11.8 Å². The molecule has 1 unspecified atom stereocenters. The lowest BCUT2D eigenvalue weighted by Crippen LogP contribution is -2.17. The molecule has 5 heteroatoms. The van der Waals surface area contributed by atoms with Gasteiger partial charge in [0.15, 0.2) is 0 Å². The average molecular weight is 263 g/mol. The van der Waals surface area contributed by atoms with Gasteiger partial charge in [-0.05, 0) is 36.9 Å². The molecule has 0 aliphatic rings. The minimum atomic E-state index is 0.0293. The van der Waals surface area contributed by atoms with Crippen LogP contribution in [0.2, 0.25) is 0 Å². The van der Waals surface area contributed by atoms with E-state index in [9.17, 15) is 0 Å². The Kier molecular flexibility index (Phi) is 4.38. The predicted octanol–water partition coefficient (Wildman–Crippen LogP) is 2.74. The van der Waals surface area contributed by atoms with Crippen molar-refractivity contribution in [2.75, 3.05) is 5.75 Å². The Morgan fingerprint density at radius 3 is 2.67 bits per heavy atom. The summed E-state index contributed by atoms with van der Waals surface area (Å²) in [5, 5.41) is 3.97. The molecular weight excluding hydrogens is 246 g/mol. The van der Waals surface area contributed by atoms with Crippen LogP contribution in [0.3, 0.4) is 0 Å². The molecule has 0 radical (unpaired) electrons. The quantitative estimate of drug-likeness (QED) is 0.840. The minimum Gasteiger partial charge on any atom is -0.339 e. The van der Waals surface area contributed by atoms with Crippen molar-refractivity contribution in [1.82, 2.24) is 10.1 Å². The molecule has 1 heterocycles. The van der Waals surface area contributed by atoms with Crippen molar-refractivity contribution in [3.63, 3.8) is 0 Å². The second-order valence-corrected chi connectivity index (χ2v) is 5.49. The number of hydrogen-bond acceptors (Lipinski definition) is 5. The summed E-state index contributed by atoms with van der Waals surface area (Å²) < 4.78 is 5.16. The first-order chi connectivity index (χ1) is 8.69. The van der Waals surface area contributed by atoms with E-state index >= 15 is 0 Å². The van der Waals surface area contributed by atoms with E-state index in [0.29, 0.717) is 18.1 Å². The van der Waals surface area contributed by atoms with Gasteiger partial charge in [-0.1, -0.05) is 12.1 Å². The molecule has 0 aliphatic heterocycles. The standard InChI is InChI=1S/C13H17N3OS/c1-3-18-11-6-4-10(5-7-11)13-15-12(17-16-13)8-9(2)14/h4-7,9H,3,8,14H2,1-2H3. The lowest BCUT2D eigenvalue weighted by atomic mass is 10.2. The fraction of sp³-hybridized carbons (Fsp3) is 0.385. The van der Waals surface area contributed by atoms with Gasteiger partial charge in [-0.25, -0.2) is 0 Å². The van der Waals surface area contributed by atoms with Crippen LogP contribution in [0.5, 0.6) is 0 Å². The molecule has 4 nitrogen and oxygen atoms in total. The van der Waals surface area contributed by atoms with Crippen LogP contribution >= 0.6 is 11.8 Å². The zero-order chi connectivity index (χ0) is 13.0. The summed E-state index contributed by atoms with van der Waals surface area (Å²) in [6.45, 7) is 4.05. The minimum absolute atomic E-state index is 0.0293. The summed E-state index contributed by atoms with van der Waals surface area (Å²) >= 11 is 1.81. The summed E-state index contributed by atoms with van der Waals surface area (Å²) in [7, 11) is 0.